The van der Waals surface area contributed by atoms with Crippen molar-refractivity contribution in [1.29, 1.82) is 0 Å². The van der Waals surface area contributed by atoms with Crippen molar-refractivity contribution in [2.75, 3.05) is 18.9 Å². The van der Waals surface area contributed by atoms with Gasteiger partial charge in [0, 0.05) is 30.3 Å². The lowest BCUT2D eigenvalue weighted by Crippen LogP contribution is -2.44. The van der Waals surface area contributed by atoms with Gasteiger partial charge in [-0.2, -0.15) is 0 Å². The Balaban J connectivity index is 0.768. The third-order valence-electron chi connectivity index (χ3n) is 13.2. The monoisotopic (exact) mass is 789 g/mol. The largest absolute Gasteiger partial charge is 0.508 e. The quantitative estimate of drug-likeness (QED) is 0.0929. The number of hydrogen-bond donors (Lipinski definition) is 3. The van der Waals surface area contributed by atoms with E-state index >= 15 is 0 Å². The summed E-state index contributed by atoms with van der Waals surface area (Å²) in [5.74, 6) is 3.14. The van der Waals surface area contributed by atoms with Crippen LogP contribution in [0.25, 0.3) is 34.0 Å². The van der Waals surface area contributed by atoms with Crippen LogP contribution >= 0.6 is 0 Å². The average Bonchev–Trinajstić information content (AvgIpc) is 3.84. The summed E-state index contributed by atoms with van der Waals surface area (Å²) in [6, 6.07) is 22.8. The molecule has 4 N–H and O–H groups in total. The number of benzene rings is 3. The first-order chi connectivity index (χ1) is 27.5. The number of phenolic OH excluding ortho intramolecular Hbond substituents is 1. The van der Waals surface area contributed by atoms with E-state index in [0.717, 1.165) is 62.8 Å². The molecule has 5 atom stereocenters. The van der Waals surface area contributed by atoms with Crippen molar-refractivity contribution in [3.63, 3.8) is 0 Å². The van der Waals surface area contributed by atoms with E-state index in [0.29, 0.717) is 46.2 Å². The summed E-state index contributed by atoms with van der Waals surface area (Å²) in [5.41, 5.74) is 13.7. The second-order valence-electron chi connectivity index (χ2n) is 16.9. The molecule has 10 nitrogen and oxygen atoms in total. The molecule has 0 amide bonds. The van der Waals surface area contributed by atoms with Gasteiger partial charge in [-0.25, -0.2) is 18.4 Å². The number of phenols is 1. The van der Waals surface area contributed by atoms with Crippen molar-refractivity contribution < 1.29 is 22.8 Å². The third-order valence-corrected chi connectivity index (χ3v) is 15.3. The molecule has 2 aromatic heterocycles. The maximum absolute atomic E-state index is 12.5. The Morgan fingerprint density at radius 2 is 1.72 bits per heavy atom. The van der Waals surface area contributed by atoms with E-state index in [1.54, 1.807) is 50.4 Å². The number of anilines is 1. The Morgan fingerprint density at radius 3 is 2.51 bits per heavy atom. The molecular weight excluding hydrogens is 735 g/mol. The number of hydrogen-bond acceptors (Lipinski definition) is 10. The number of nitrogens with two attached hydrogens (primary N) is 1. The number of rotatable bonds is 14. The van der Waals surface area contributed by atoms with Gasteiger partial charge in [0.2, 0.25) is 0 Å². The third kappa shape index (κ3) is 7.98. The normalized spacial score (nSPS) is 22.9. The Bertz CT molecular complexity index is 2290. The maximum atomic E-state index is 12.5. The van der Waals surface area contributed by atoms with E-state index < -0.39 is 15.1 Å². The van der Waals surface area contributed by atoms with Crippen LogP contribution in [0.2, 0.25) is 0 Å². The van der Waals surface area contributed by atoms with Crippen LogP contribution in [0.3, 0.4) is 0 Å². The van der Waals surface area contributed by atoms with Crippen LogP contribution in [0, 0.1) is 17.3 Å². The zero-order valence-corrected chi connectivity index (χ0v) is 34.1. The molecule has 5 aromatic rings. The molecular formula is C46H55N5O5S. The summed E-state index contributed by atoms with van der Waals surface area (Å²) < 4.78 is 37.4. The highest BCUT2D eigenvalue weighted by molar-refractivity contribution is 7.92. The van der Waals surface area contributed by atoms with E-state index in [1.165, 1.54) is 48.8 Å². The predicted molar refractivity (Wildman–Crippen MR) is 223 cm³/mol. The van der Waals surface area contributed by atoms with Crippen LogP contribution in [0.1, 0.15) is 94.7 Å². The number of unbranched alkanes of at least 4 members (excludes halogenated alkanes) is 2. The molecule has 3 aliphatic rings. The predicted octanol–water partition coefficient (Wildman–Crippen LogP) is 9.14. The minimum atomic E-state index is -3.38. The summed E-state index contributed by atoms with van der Waals surface area (Å²) in [4.78, 5) is 9.28. The highest BCUT2D eigenvalue weighted by Crippen LogP contribution is 2.61. The molecule has 11 heteroatoms. The van der Waals surface area contributed by atoms with Gasteiger partial charge in [-0.05, 0) is 142 Å². The Hall–Kier alpha value is -4.58. The van der Waals surface area contributed by atoms with Crippen LogP contribution in [0.15, 0.2) is 88.4 Å². The molecule has 3 aromatic carbocycles. The van der Waals surface area contributed by atoms with E-state index in [1.807, 2.05) is 24.3 Å². The lowest BCUT2D eigenvalue weighted by molar-refractivity contribution is -0.0646. The first kappa shape index (κ1) is 39.3. The van der Waals surface area contributed by atoms with Gasteiger partial charge < -0.3 is 25.4 Å². The number of nitrogens with zero attached hydrogens (tertiary/aromatic N) is 3. The van der Waals surface area contributed by atoms with Gasteiger partial charge in [0.25, 0.3) is 0 Å². The fraction of sp³-hybridized carbons (Fsp3) is 0.457. The van der Waals surface area contributed by atoms with Gasteiger partial charge in [0.15, 0.2) is 27.1 Å². The van der Waals surface area contributed by atoms with E-state index in [4.69, 9.17) is 15.0 Å². The van der Waals surface area contributed by atoms with Gasteiger partial charge in [-0.3, -0.25) is 0 Å². The molecule has 0 radical (unpaired) electrons. The van der Waals surface area contributed by atoms with E-state index in [-0.39, 0.29) is 16.1 Å². The van der Waals surface area contributed by atoms with Crippen molar-refractivity contribution in [3.05, 3.63) is 95.7 Å². The molecule has 0 unspecified atom stereocenters. The molecule has 57 heavy (non-hydrogen) atoms. The van der Waals surface area contributed by atoms with Crippen molar-refractivity contribution >= 4 is 15.7 Å². The molecule has 0 saturated heterocycles. The van der Waals surface area contributed by atoms with E-state index in [2.05, 4.69) is 45.6 Å². The van der Waals surface area contributed by atoms with Crippen LogP contribution in [0.5, 0.6) is 5.75 Å². The number of fused-ring (bicyclic) bond motifs is 5. The van der Waals surface area contributed by atoms with Crippen molar-refractivity contribution in [3.8, 4) is 39.7 Å². The second kappa shape index (κ2) is 16.3. The molecule has 0 bridgehead atoms. The topological polar surface area (TPSA) is 153 Å². The minimum absolute atomic E-state index is 0.212. The zero-order valence-electron chi connectivity index (χ0n) is 33.3. The fourth-order valence-electron chi connectivity index (χ4n) is 9.90. The zero-order chi connectivity index (χ0) is 39.7. The fourth-order valence-corrected chi connectivity index (χ4v) is 11.0. The van der Waals surface area contributed by atoms with Crippen LogP contribution in [-0.4, -0.2) is 53.2 Å². The van der Waals surface area contributed by atoms with Gasteiger partial charge in [0.05, 0.1) is 28.1 Å². The minimum Gasteiger partial charge on any atom is -0.508 e. The Morgan fingerprint density at radius 1 is 0.947 bits per heavy atom. The van der Waals surface area contributed by atoms with Gasteiger partial charge in [-0.15, -0.1) is 0 Å². The number of sulfone groups is 1. The highest BCUT2D eigenvalue weighted by Gasteiger charge is 2.55. The van der Waals surface area contributed by atoms with Gasteiger partial charge >= 0.3 is 0 Å². The molecule has 0 aliphatic heterocycles. The first-order valence-electron chi connectivity index (χ1n) is 20.7. The molecule has 2 saturated carbocycles. The van der Waals surface area contributed by atoms with Crippen molar-refractivity contribution in [2.24, 2.45) is 17.3 Å². The summed E-state index contributed by atoms with van der Waals surface area (Å²) in [6.45, 7) is 8.44. The number of nitrogens with one attached hydrogen (secondary N) is 1. The number of ether oxygens (including phenoxy) is 1. The molecule has 3 aliphatic carbocycles. The lowest BCUT2D eigenvalue weighted by atomic mass is 9.55. The van der Waals surface area contributed by atoms with Gasteiger partial charge in [-0.1, -0.05) is 54.5 Å². The standard InChI is InChI=1S/C46H55N5O5S/c1-29(2)57(53,54)35-15-11-32(12-16-35)41-28-49-45(47)44(50-41)42-26-40(51-56-42)31-9-7-30(8-10-31)27-48-23-5-4-6-24-55-43-20-19-39-38-17-13-33-25-34(52)14-18-36(33)37(38)21-22-46(39,43)3/h7-12,14-16,18,25-26,28-29,37-39,43,48,52H,4-6,13,17,19-24,27H2,1-3H3,(H2,47,49)/t37-,38-,39+,43+,46+/m1/s1. The molecule has 300 valence electrons. The summed E-state index contributed by atoms with van der Waals surface area (Å²) >= 11 is 0. The Kier molecular flexibility index (Phi) is 11.3. The highest BCUT2D eigenvalue weighted by atomic mass is 32.2. The summed E-state index contributed by atoms with van der Waals surface area (Å²) in [5, 5.41) is 17.4. The molecule has 8 rings (SSSR count). The number of aromatic hydroxyl groups is 1. The molecule has 2 fully saturated rings. The Labute approximate surface area is 336 Å². The van der Waals surface area contributed by atoms with E-state index in [9.17, 15) is 13.5 Å². The summed E-state index contributed by atoms with van der Waals surface area (Å²) in [6.07, 6.45) is 12.6. The van der Waals surface area contributed by atoms with Gasteiger partial charge in [0.1, 0.15) is 11.4 Å². The number of aromatic nitrogens is 3. The van der Waals surface area contributed by atoms with Crippen LogP contribution < -0.4 is 11.1 Å². The number of nitrogen functional groups attached to an aromatic ring is 1. The van der Waals surface area contributed by atoms with Crippen LogP contribution in [0.4, 0.5) is 5.82 Å². The molecule has 2 heterocycles. The smallest absolute Gasteiger partial charge is 0.189 e. The van der Waals surface area contributed by atoms with Crippen LogP contribution in [-0.2, 0) is 27.5 Å². The maximum Gasteiger partial charge on any atom is 0.189 e. The molecule has 0 spiro atoms. The summed E-state index contributed by atoms with van der Waals surface area (Å²) in [7, 11) is -3.38. The number of aryl methyl sites for hydroxylation is 1. The second-order valence-corrected chi connectivity index (χ2v) is 19.4. The lowest BCUT2D eigenvalue weighted by Gasteiger charge is -2.50. The van der Waals surface area contributed by atoms with Crippen molar-refractivity contribution in [2.45, 2.75) is 107 Å². The average molecular weight is 790 g/mol. The SMILES string of the molecule is CC(C)S(=O)(=O)c1ccc(-c2cnc(N)c(-c3cc(-c4ccc(CNCCCCCO[C@H]5CC[C@H]6[C@@H]7CCc8cc(O)ccc8[C@H]7CC[C@]56C)cc4)no3)n2)cc1. The first-order valence-corrected chi connectivity index (χ1v) is 22.2. The van der Waals surface area contributed by atoms with Crippen molar-refractivity contribution in [1.82, 2.24) is 20.4 Å².